The van der Waals surface area contributed by atoms with Crippen LogP contribution in [0.15, 0.2) is 52.6 Å². The molecule has 0 radical (unpaired) electrons. The Bertz CT molecular complexity index is 773. The van der Waals surface area contributed by atoms with E-state index < -0.39 is 0 Å². The van der Waals surface area contributed by atoms with Crippen LogP contribution >= 0.6 is 11.3 Å². The quantitative estimate of drug-likeness (QED) is 0.793. The Morgan fingerprint density at radius 2 is 2.00 bits per heavy atom. The summed E-state index contributed by atoms with van der Waals surface area (Å²) in [5, 5.41) is 3.12. The Morgan fingerprint density at radius 3 is 2.79 bits per heavy atom. The minimum absolute atomic E-state index is 0.0343. The smallest absolute Gasteiger partial charge is 0.269 e. The second-order valence-electron chi connectivity index (χ2n) is 4.43. The highest BCUT2D eigenvalue weighted by atomic mass is 32.1. The molecule has 0 saturated carbocycles. The molecule has 3 nitrogen and oxygen atoms in total. The molecular weight excluding hydrogens is 256 g/mol. The maximum Gasteiger partial charge on any atom is 0.269 e. The number of fused-ring (bicyclic) bond motifs is 1. The fraction of sp³-hybridized carbons (Fsp3) is 0.133. The summed E-state index contributed by atoms with van der Waals surface area (Å²) in [6.45, 7) is 2.75. The fourth-order valence-electron chi connectivity index (χ4n) is 2.09. The van der Waals surface area contributed by atoms with E-state index in [0.29, 0.717) is 6.54 Å². The van der Waals surface area contributed by atoms with Crippen molar-refractivity contribution in [3.05, 3.63) is 68.6 Å². The summed E-state index contributed by atoms with van der Waals surface area (Å²) < 4.78 is 1.62. The van der Waals surface area contributed by atoms with Gasteiger partial charge in [-0.3, -0.25) is 4.79 Å². The first-order valence-corrected chi connectivity index (χ1v) is 7.01. The van der Waals surface area contributed by atoms with Crippen molar-refractivity contribution in [2.75, 3.05) is 5.43 Å². The number of rotatable bonds is 3. The molecule has 0 saturated heterocycles. The van der Waals surface area contributed by atoms with Crippen LogP contribution < -0.4 is 11.0 Å². The third-order valence-electron chi connectivity index (χ3n) is 3.17. The first kappa shape index (κ1) is 12.0. The Balaban J connectivity index is 1.98. The Kier molecular flexibility index (Phi) is 3.09. The van der Waals surface area contributed by atoms with E-state index in [1.165, 1.54) is 10.4 Å². The molecule has 0 aliphatic heterocycles. The lowest BCUT2D eigenvalue weighted by Crippen LogP contribution is -2.28. The molecule has 1 N–H and O–H groups in total. The Labute approximate surface area is 115 Å². The van der Waals surface area contributed by atoms with Crippen molar-refractivity contribution in [1.82, 2.24) is 4.68 Å². The number of nitrogens with one attached hydrogen (secondary N) is 1. The van der Waals surface area contributed by atoms with Gasteiger partial charge < -0.3 is 5.43 Å². The van der Waals surface area contributed by atoms with Gasteiger partial charge in [0.05, 0.1) is 12.1 Å². The van der Waals surface area contributed by atoms with Crippen LogP contribution in [0.25, 0.3) is 10.9 Å². The van der Waals surface area contributed by atoms with E-state index in [9.17, 15) is 4.79 Å². The maximum absolute atomic E-state index is 12.0. The van der Waals surface area contributed by atoms with Crippen LogP contribution in [0.4, 0.5) is 0 Å². The average molecular weight is 270 g/mol. The van der Waals surface area contributed by atoms with Gasteiger partial charge in [0.25, 0.3) is 5.56 Å². The van der Waals surface area contributed by atoms with Gasteiger partial charge in [-0.2, -0.15) is 0 Å². The number of aromatic nitrogens is 1. The standard InChI is InChI=1S/C15H14N2OS/c1-11-8-9-19-14(11)10-16-17-13-5-3-2-4-12(13)6-7-15(17)18/h2-9,16H,10H2,1H3. The lowest BCUT2D eigenvalue weighted by atomic mass is 10.2. The SMILES string of the molecule is Cc1ccsc1CNn1c(=O)ccc2ccccc21. The number of pyridine rings is 1. The number of hydrogen-bond acceptors (Lipinski definition) is 3. The van der Waals surface area contributed by atoms with E-state index in [-0.39, 0.29) is 5.56 Å². The molecule has 0 unspecified atom stereocenters. The molecule has 4 heteroatoms. The largest absolute Gasteiger partial charge is 0.317 e. The van der Waals surface area contributed by atoms with Crippen molar-refractivity contribution in [2.24, 2.45) is 0 Å². The summed E-state index contributed by atoms with van der Waals surface area (Å²) in [7, 11) is 0. The highest BCUT2D eigenvalue weighted by molar-refractivity contribution is 7.10. The first-order chi connectivity index (χ1) is 9.25. The number of nitrogens with zero attached hydrogens (tertiary/aromatic N) is 1. The number of hydrogen-bond donors (Lipinski definition) is 1. The maximum atomic E-state index is 12.0. The molecule has 2 aromatic heterocycles. The lowest BCUT2D eigenvalue weighted by Gasteiger charge is -2.12. The monoisotopic (exact) mass is 270 g/mol. The van der Waals surface area contributed by atoms with Crippen molar-refractivity contribution >= 4 is 22.2 Å². The average Bonchev–Trinajstić information content (AvgIpc) is 2.83. The van der Waals surface area contributed by atoms with Gasteiger partial charge >= 0.3 is 0 Å². The van der Waals surface area contributed by atoms with Gasteiger partial charge in [0.2, 0.25) is 0 Å². The van der Waals surface area contributed by atoms with Gasteiger partial charge in [-0.25, -0.2) is 4.68 Å². The van der Waals surface area contributed by atoms with E-state index in [1.54, 1.807) is 22.1 Å². The summed E-state index contributed by atoms with van der Waals surface area (Å²) in [5.74, 6) is 0. The summed E-state index contributed by atoms with van der Waals surface area (Å²) in [6.07, 6.45) is 0. The van der Waals surface area contributed by atoms with Crippen LogP contribution in [0.1, 0.15) is 10.4 Å². The zero-order chi connectivity index (χ0) is 13.2. The molecule has 0 aliphatic rings. The van der Waals surface area contributed by atoms with Crippen LogP contribution in [-0.4, -0.2) is 4.68 Å². The molecule has 2 heterocycles. The highest BCUT2D eigenvalue weighted by Crippen LogP contribution is 2.16. The van der Waals surface area contributed by atoms with Crippen LogP contribution in [0.2, 0.25) is 0 Å². The molecule has 0 spiro atoms. The summed E-state index contributed by atoms with van der Waals surface area (Å²) >= 11 is 1.70. The van der Waals surface area contributed by atoms with E-state index in [2.05, 4.69) is 23.8 Å². The zero-order valence-electron chi connectivity index (χ0n) is 10.6. The zero-order valence-corrected chi connectivity index (χ0v) is 11.4. The Hall–Kier alpha value is -2.07. The topological polar surface area (TPSA) is 34.0 Å². The van der Waals surface area contributed by atoms with E-state index in [4.69, 9.17) is 0 Å². The van der Waals surface area contributed by atoms with Crippen molar-refractivity contribution < 1.29 is 0 Å². The number of para-hydroxylation sites is 1. The van der Waals surface area contributed by atoms with Crippen LogP contribution in [0, 0.1) is 6.92 Å². The summed E-state index contributed by atoms with van der Waals surface area (Å²) in [5.41, 5.74) is 5.34. The molecular formula is C15H14N2OS. The molecule has 3 rings (SSSR count). The van der Waals surface area contributed by atoms with Crippen LogP contribution in [-0.2, 0) is 6.54 Å². The second kappa shape index (κ2) is 4.90. The molecule has 96 valence electrons. The van der Waals surface area contributed by atoms with Gasteiger partial charge in [0.1, 0.15) is 0 Å². The molecule has 3 aromatic rings. The second-order valence-corrected chi connectivity index (χ2v) is 5.43. The molecule has 1 aromatic carbocycles. The van der Waals surface area contributed by atoms with Gasteiger partial charge in [-0.1, -0.05) is 18.2 Å². The van der Waals surface area contributed by atoms with Crippen molar-refractivity contribution in [2.45, 2.75) is 13.5 Å². The van der Waals surface area contributed by atoms with Crippen LogP contribution in [0.3, 0.4) is 0 Å². The fourth-order valence-corrected chi connectivity index (χ4v) is 2.92. The molecule has 19 heavy (non-hydrogen) atoms. The van der Waals surface area contributed by atoms with Crippen molar-refractivity contribution in [3.63, 3.8) is 0 Å². The number of thiophene rings is 1. The lowest BCUT2D eigenvalue weighted by molar-refractivity contribution is 0.840. The third-order valence-corrected chi connectivity index (χ3v) is 4.19. The minimum atomic E-state index is -0.0343. The van der Waals surface area contributed by atoms with Gasteiger partial charge in [0.15, 0.2) is 0 Å². The van der Waals surface area contributed by atoms with E-state index in [0.717, 1.165) is 10.9 Å². The summed E-state index contributed by atoms with van der Waals surface area (Å²) in [4.78, 5) is 13.2. The van der Waals surface area contributed by atoms with Gasteiger partial charge in [-0.15, -0.1) is 11.3 Å². The number of aryl methyl sites for hydroxylation is 1. The van der Waals surface area contributed by atoms with E-state index in [1.807, 2.05) is 30.3 Å². The van der Waals surface area contributed by atoms with Crippen molar-refractivity contribution in [3.8, 4) is 0 Å². The predicted molar refractivity (Wildman–Crippen MR) is 80.3 cm³/mol. The molecule has 0 bridgehead atoms. The van der Waals surface area contributed by atoms with Crippen LogP contribution in [0.5, 0.6) is 0 Å². The molecule has 0 atom stereocenters. The third kappa shape index (κ3) is 2.27. The van der Waals surface area contributed by atoms with Gasteiger partial charge in [-0.05, 0) is 36.1 Å². The highest BCUT2D eigenvalue weighted by Gasteiger charge is 2.03. The normalized spacial score (nSPS) is 10.8. The Morgan fingerprint density at radius 1 is 1.16 bits per heavy atom. The summed E-state index contributed by atoms with van der Waals surface area (Å²) in [6, 6.07) is 13.4. The van der Waals surface area contributed by atoms with E-state index >= 15 is 0 Å². The molecule has 0 amide bonds. The van der Waals surface area contributed by atoms with Crippen molar-refractivity contribution in [1.29, 1.82) is 0 Å². The molecule has 0 fully saturated rings. The minimum Gasteiger partial charge on any atom is -0.317 e. The number of benzene rings is 1. The van der Waals surface area contributed by atoms with Gasteiger partial charge in [0, 0.05) is 16.3 Å². The molecule has 0 aliphatic carbocycles. The predicted octanol–water partition coefficient (Wildman–Crippen LogP) is 3.12. The first-order valence-electron chi connectivity index (χ1n) is 6.13.